The van der Waals surface area contributed by atoms with Crippen LogP contribution in [0.3, 0.4) is 0 Å². The molecular weight excluding hydrogens is 358 g/mol. The summed E-state index contributed by atoms with van der Waals surface area (Å²) in [6.45, 7) is 5.47. The first-order valence-corrected chi connectivity index (χ1v) is 9.12. The maximum atomic E-state index is 14.1. The number of ether oxygens (including phenoxy) is 2. The predicted molar refractivity (Wildman–Crippen MR) is 97.7 cm³/mol. The highest BCUT2D eigenvalue weighted by Crippen LogP contribution is 2.39. The lowest BCUT2D eigenvalue weighted by atomic mass is 10.0. The Morgan fingerprint density at radius 1 is 1.31 bits per heavy atom. The molecule has 0 spiro atoms. The summed E-state index contributed by atoms with van der Waals surface area (Å²) in [4.78, 5) is 5.26. The molecule has 2 rings (SSSR count). The Bertz CT molecular complexity index is 792. The van der Waals surface area contributed by atoms with Gasteiger partial charge in [-0.3, -0.25) is 0 Å². The normalized spacial score (nSPS) is 11.6. The Kier molecular flexibility index (Phi) is 6.68. The molecule has 0 fully saturated rings. The molecule has 0 radical (unpaired) electrons. The summed E-state index contributed by atoms with van der Waals surface area (Å²) in [6.07, 6.45) is 0.735. The molecule has 7 heteroatoms. The summed E-state index contributed by atoms with van der Waals surface area (Å²) in [7, 11) is 1.52. The van der Waals surface area contributed by atoms with E-state index in [9.17, 15) is 8.78 Å². The number of hydrogen-bond donors (Lipinski definition) is 0. The number of methoxy groups -OCH3 is 1. The molecule has 4 nitrogen and oxygen atoms in total. The smallest absolute Gasteiger partial charge is 0.274 e. The van der Waals surface area contributed by atoms with Gasteiger partial charge >= 0.3 is 0 Å². The second-order valence-corrected chi connectivity index (χ2v) is 7.52. The van der Waals surface area contributed by atoms with E-state index in [2.05, 4.69) is 18.8 Å². The van der Waals surface area contributed by atoms with Crippen LogP contribution in [0.25, 0.3) is 11.3 Å². The van der Waals surface area contributed by atoms with Gasteiger partial charge < -0.3 is 9.47 Å². The number of halogens is 2. The Labute approximate surface area is 156 Å². The average molecular weight is 380 g/mol. The molecule has 1 aromatic carbocycles. The minimum Gasteiger partial charge on any atom is -0.491 e. The summed E-state index contributed by atoms with van der Waals surface area (Å²) >= 11 is 1.31. The van der Waals surface area contributed by atoms with Gasteiger partial charge in [-0.1, -0.05) is 13.8 Å². The molecule has 0 saturated carbocycles. The molecule has 0 aliphatic carbocycles. The van der Waals surface area contributed by atoms with Crippen LogP contribution in [0.1, 0.15) is 36.2 Å². The summed E-state index contributed by atoms with van der Waals surface area (Å²) in [6, 6.07) is 6.68. The van der Waals surface area contributed by atoms with Crippen molar-refractivity contribution in [2.75, 3.05) is 20.3 Å². The fourth-order valence-corrected chi connectivity index (χ4v) is 3.61. The van der Waals surface area contributed by atoms with Crippen LogP contribution in [0, 0.1) is 17.2 Å². The highest BCUT2D eigenvalue weighted by Gasteiger charge is 2.30. The van der Waals surface area contributed by atoms with E-state index in [0.29, 0.717) is 28.8 Å². The van der Waals surface area contributed by atoms with E-state index < -0.39 is 5.92 Å². The Morgan fingerprint density at radius 2 is 2.04 bits per heavy atom. The molecule has 26 heavy (non-hydrogen) atoms. The quantitative estimate of drug-likeness (QED) is 0.604. The standard InChI is InChI=1S/C19H22F2N2O2S/c1-12(2)9-16-18(23-17(11-22)26-16)13-5-6-15(25-8-7-24-4)14(10-13)19(3,20)21/h5-6,10,12H,7-9H2,1-4H3. The number of nitrogens with zero attached hydrogens (tertiary/aromatic N) is 2. The van der Waals surface area contributed by atoms with Crippen molar-refractivity contribution in [3.63, 3.8) is 0 Å². The van der Waals surface area contributed by atoms with E-state index in [-0.39, 0.29) is 17.9 Å². The van der Waals surface area contributed by atoms with E-state index >= 15 is 0 Å². The van der Waals surface area contributed by atoms with E-state index in [1.165, 1.54) is 30.6 Å². The minimum atomic E-state index is -3.06. The van der Waals surface area contributed by atoms with Crippen molar-refractivity contribution in [2.45, 2.75) is 33.1 Å². The molecule has 0 aliphatic heterocycles. The molecule has 0 unspecified atom stereocenters. The molecule has 140 valence electrons. The number of benzene rings is 1. The van der Waals surface area contributed by atoms with E-state index in [4.69, 9.17) is 14.7 Å². The molecule has 0 N–H and O–H groups in total. The van der Waals surface area contributed by atoms with Gasteiger partial charge in [0.1, 0.15) is 18.4 Å². The highest BCUT2D eigenvalue weighted by molar-refractivity contribution is 7.12. The van der Waals surface area contributed by atoms with Crippen molar-refractivity contribution in [1.82, 2.24) is 4.98 Å². The summed E-state index contributed by atoms with van der Waals surface area (Å²) in [5.74, 6) is -2.58. The third-order valence-corrected chi connectivity index (χ3v) is 4.64. The first-order chi connectivity index (χ1) is 12.3. The maximum Gasteiger partial charge on any atom is 0.274 e. The largest absolute Gasteiger partial charge is 0.491 e. The molecule has 0 bridgehead atoms. The zero-order chi connectivity index (χ0) is 19.3. The number of thiazole rings is 1. The molecule has 0 aliphatic rings. The molecule has 0 saturated heterocycles. The van der Waals surface area contributed by atoms with Crippen molar-refractivity contribution >= 4 is 11.3 Å². The number of alkyl halides is 2. The van der Waals surface area contributed by atoms with Crippen LogP contribution in [0.5, 0.6) is 5.75 Å². The molecule has 1 aromatic heterocycles. The van der Waals surface area contributed by atoms with Crippen LogP contribution >= 0.6 is 11.3 Å². The SMILES string of the molecule is COCCOc1ccc(-c2nc(C#N)sc2CC(C)C)cc1C(C)(F)F. The van der Waals surface area contributed by atoms with E-state index in [0.717, 1.165) is 18.2 Å². The van der Waals surface area contributed by atoms with Gasteiger partial charge in [0.2, 0.25) is 0 Å². The zero-order valence-electron chi connectivity index (χ0n) is 15.3. The molecule has 2 aromatic rings. The summed E-state index contributed by atoms with van der Waals surface area (Å²) < 4.78 is 38.6. The molecule has 1 heterocycles. The van der Waals surface area contributed by atoms with Crippen LogP contribution in [-0.4, -0.2) is 25.3 Å². The van der Waals surface area contributed by atoms with Crippen molar-refractivity contribution in [2.24, 2.45) is 5.92 Å². The molecule has 0 amide bonds. The Morgan fingerprint density at radius 3 is 2.62 bits per heavy atom. The van der Waals surface area contributed by atoms with Gasteiger partial charge in [0.15, 0.2) is 5.01 Å². The number of hydrogen-bond acceptors (Lipinski definition) is 5. The third kappa shape index (κ3) is 4.99. The number of rotatable bonds is 8. The van der Waals surface area contributed by atoms with Gasteiger partial charge in [-0.2, -0.15) is 5.26 Å². The second-order valence-electron chi connectivity index (χ2n) is 6.44. The van der Waals surface area contributed by atoms with Crippen molar-refractivity contribution in [3.05, 3.63) is 33.6 Å². The van der Waals surface area contributed by atoms with Gasteiger partial charge in [-0.05, 0) is 30.5 Å². The van der Waals surface area contributed by atoms with Crippen LogP contribution in [0.15, 0.2) is 18.2 Å². The van der Waals surface area contributed by atoms with Crippen molar-refractivity contribution in [3.8, 4) is 23.1 Å². The minimum absolute atomic E-state index is 0.124. The molecule has 0 atom stereocenters. The van der Waals surface area contributed by atoms with Crippen molar-refractivity contribution in [1.29, 1.82) is 5.26 Å². The van der Waals surface area contributed by atoms with Crippen LogP contribution in [-0.2, 0) is 17.1 Å². The Hall–Kier alpha value is -2.04. The predicted octanol–water partition coefficient (Wildman–Crippen LogP) is 5.02. The zero-order valence-corrected chi connectivity index (χ0v) is 16.1. The fourth-order valence-electron chi connectivity index (χ4n) is 2.52. The lowest BCUT2D eigenvalue weighted by Gasteiger charge is -2.18. The lowest BCUT2D eigenvalue weighted by Crippen LogP contribution is -2.12. The third-order valence-electron chi connectivity index (χ3n) is 3.66. The molecular formula is C19H22F2N2O2S. The average Bonchev–Trinajstić information content (AvgIpc) is 2.96. The van der Waals surface area contributed by atoms with Gasteiger partial charge in [-0.15, -0.1) is 11.3 Å². The monoisotopic (exact) mass is 380 g/mol. The topological polar surface area (TPSA) is 55.1 Å². The van der Waals surface area contributed by atoms with Gasteiger partial charge in [-0.25, -0.2) is 13.8 Å². The first kappa shape index (κ1) is 20.3. The number of aromatic nitrogens is 1. The van der Waals surface area contributed by atoms with E-state index in [1.807, 2.05) is 6.07 Å². The number of nitriles is 1. The van der Waals surface area contributed by atoms with Gasteiger partial charge in [0.25, 0.3) is 5.92 Å². The van der Waals surface area contributed by atoms with Gasteiger partial charge in [0, 0.05) is 24.5 Å². The summed E-state index contributed by atoms with van der Waals surface area (Å²) in [5, 5.41) is 9.49. The van der Waals surface area contributed by atoms with Crippen LogP contribution in [0.2, 0.25) is 0 Å². The second kappa shape index (κ2) is 8.56. The fraction of sp³-hybridized carbons (Fsp3) is 0.474. The Balaban J connectivity index is 2.48. The van der Waals surface area contributed by atoms with Gasteiger partial charge in [0.05, 0.1) is 17.9 Å². The lowest BCUT2D eigenvalue weighted by molar-refractivity contribution is 0.0138. The van der Waals surface area contributed by atoms with E-state index in [1.54, 1.807) is 6.07 Å². The highest BCUT2D eigenvalue weighted by atomic mass is 32.1. The summed E-state index contributed by atoms with van der Waals surface area (Å²) in [5.41, 5.74) is 0.955. The first-order valence-electron chi connectivity index (χ1n) is 8.30. The van der Waals surface area contributed by atoms with Crippen molar-refractivity contribution < 1.29 is 18.3 Å². The maximum absolute atomic E-state index is 14.1. The van der Waals surface area contributed by atoms with Crippen LogP contribution < -0.4 is 4.74 Å². The van der Waals surface area contributed by atoms with Crippen LogP contribution in [0.4, 0.5) is 8.78 Å².